The van der Waals surface area contributed by atoms with Gasteiger partial charge in [0.05, 0.1) is 16.6 Å². The smallest absolute Gasteiger partial charge is 0.146 e. The molecule has 0 fully saturated rings. The van der Waals surface area contributed by atoms with Gasteiger partial charge in [-0.15, -0.1) is 11.3 Å². The number of ether oxygens (including phenoxy) is 1. The molecule has 1 aromatic carbocycles. The Bertz CT molecular complexity index is 1210. The van der Waals surface area contributed by atoms with Crippen LogP contribution >= 0.6 is 22.9 Å². The average Bonchev–Trinajstić information content (AvgIpc) is 2.94. The zero-order valence-corrected chi connectivity index (χ0v) is 18.0. The monoisotopic (exact) mass is 437 g/mol. The fourth-order valence-corrected chi connectivity index (χ4v) is 4.98. The molecule has 0 atom stereocenters. The second-order valence-electron chi connectivity index (χ2n) is 7.16. The van der Waals surface area contributed by atoms with E-state index in [9.17, 15) is 0 Å². The van der Waals surface area contributed by atoms with E-state index in [0.717, 1.165) is 53.3 Å². The molecule has 0 bridgehead atoms. The lowest BCUT2D eigenvalue weighted by Gasteiger charge is -2.11. The van der Waals surface area contributed by atoms with Gasteiger partial charge in [-0.2, -0.15) is 0 Å². The van der Waals surface area contributed by atoms with Gasteiger partial charge in [0, 0.05) is 16.3 Å². The zero-order chi connectivity index (χ0) is 20.5. The van der Waals surface area contributed by atoms with Crippen LogP contribution < -0.4 is 15.4 Å². The normalized spacial score (nSPS) is 13.7. The summed E-state index contributed by atoms with van der Waals surface area (Å²) in [5, 5.41) is 8.51. The van der Waals surface area contributed by atoms with E-state index in [2.05, 4.69) is 25.6 Å². The molecule has 4 heterocycles. The van der Waals surface area contributed by atoms with Crippen LogP contribution in [-0.4, -0.2) is 28.0 Å². The summed E-state index contributed by atoms with van der Waals surface area (Å²) >= 11 is 8.25. The molecular formula is C22H20ClN5OS. The molecular weight excluding hydrogens is 418 g/mol. The van der Waals surface area contributed by atoms with Crippen LogP contribution in [0.15, 0.2) is 42.9 Å². The Morgan fingerprint density at radius 1 is 1.10 bits per heavy atom. The summed E-state index contributed by atoms with van der Waals surface area (Å²) in [6, 6.07) is 9.40. The predicted molar refractivity (Wildman–Crippen MR) is 121 cm³/mol. The van der Waals surface area contributed by atoms with Crippen LogP contribution in [0.2, 0.25) is 5.02 Å². The second kappa shape index (κ2) is 8.18. The largest absolute Gasteiger partial charge is 0.454 e. The summed E-state index contributed by atoms with van der Waals surface area (Å²) in [5.41, 5.74) is 3.13. The van der Waals surface area contributed by atoms with Crippen molar-refractivity contribution in [2.75, 3.05) is 18.4 Å². The number of aryl methyl sites for hydroxylation is 1. The van der Waals surface area contributed by atoms with E-state index in [-0.39, 0.29) is 0 Å². The fourth-order valence-electron chi connectivity index (χ4n) is 3.58. The summed E-state index contributed by atoms with van der Waals surface area (Å²) in [6.07, 6.45) is 5.31. The van der Waals surface area contributed by atoms with Gasteiger partial charge in [-0.05, 0) is 68.8 Å². The number of halogens is 1. The molecule has 0 unspecified atom stereocenters. The summed E-state index contributed by atoms with van der Waals surface area (Å²) < 4.78 is 5.86. The highest BCUT2D eigenvalue weighted by Gasteiger charge is 2.19. The molecule has 30 heavy (non-hydrogen) atoms. The van der Waals surface area contributed by atoms with Crippen molar-refractivity contribution in [2.45, 2.75) is 19.8 Å². The van der Waals surface area contributed by atoms with Crippen molar-refractivity contribution < 1.29 is 4.74 Å². The molecule has 6 nitrogen and oxygen atoms in total. The lowest BCUT2D eigenvalue weighted by atomic mass is 10.1. The van der Waals surface area contributed by atoms with Crippen molar-refractivity contribution in [3.8, 4) is 11.5 Å². The van der Waals surface area contributed by atoms with Gasteiger partial charge in [0.1, 0.15) is 28.5 Å². The van der Waals surface area contributed by atoms with Crippen molar-refractivity contribution in [3.05, 3.63) is 64.0 Å². The van der Waals surface area contributed by atoms with Crippen LogP contribution in [0.5, 0.6) is 11.5 Å². The third-order valence-corrected chi connectivity index (χ3v) is 6.55. The topological polar surface area (TPSA) is 72.0 Å². The van der Waals surface area contributed by atoms with E-state index < -0.39 is 0 Å². The molecule has 0 saturated heterocycles. The van der Waals surface area contributed by atoms with E-state index in [0.29, 0.717) is 16.5 Å². The highest BCUT2D eigenvalue weighted by molar-refractivity contribution is 7.19. The number of benzene rings is 1. The van der Waals surface area contributed by atoms with Crippen LogP contribution in [0.25, 0.3) is 10.2 Å². The van der Waals surface area contributed by atoms with E-state index in [1.165, 1.54) is 10.4 Å². The number of anilines is 2. The predicted octanol–water partition coefficient (Wildman–Crippen LogP) is 5.27. The van der Waals surface area contributed by atoms with Gasteiger partial charge >= 0.3 is 0 Å². The van der Waals surface area contributed by atoms with Gasteiger partial charge in [0.2, 0.25) is 0 Å². The number of hydrogen-bond donors (Lipinski definition) is 2. The Balaban J connectivity index is 1.43. The Labute approximate surface area is 183 Å². The molecule has 5 rings (SSSR count). The quantitative estimate of drug-likeness (QED) is 0.453. The molecule has 0 saturated carbocycles. The lowest BCUT2D eigenvalue weighted by Crippen LogP contribution is -2.16. The number of hydrogen-bond acceptors (Lipinski definition) is 7. The lowest BCUT2D eigenvalue weighted by molar-refractivity contribution is 0.480. The standard InChI is InChI=1S/C22H20ClN5OS/c1-13-2-4-15(11-25-13)29-18-5-3-14(10-17(18)23)28-21-20-16-6-8-24-9-7-19(16)30-22(20)27-12-26-21/h2-5,10-12,24H,6-9H2,1H3,(H,26,27,28). The maximum absolute atomic E-state index is 6.49. The first-order valence-corrected chi connectivity index (χ1v) is 11.0. The first-order chi connectivity index (χ1) is 14.7. The van der Waals surface area contributed by atoms with Crippen molar-refractivity contribution in [3.63, 3.8) is 0 Å². The first kappa shape index (κ1) is 19.2. The zero-order valence-electron chi connectivity index (χ0n) is 16.4. The molecule has 1 aliphatic rings. The van der Waals surface area contributed by atoms with E-state index in [1.807, 2.05) is 37.3 Å². The number of fused-ring (bicyclic) bond motifs is 3. The minimum Gasteiger partial charge on any atom is -0.454 e. The minimum atomic E-state index is 0.513. The number of rotatable bonds is 4. The van der Waals surface area contributed by atoms with Crippen LogP contribution in [0.4, 0.5) is 11.5 Å². The molecule has 0 spiro atoms. The number of thiophene rings is 1. The Morgan fingerprint density at radius 2 is 2.00 bits per heavy atom. The maximum atomic E-state index is 6.49. The van der Waals surface area contributed by atoms with Crippen molar-refractivity contribution in [2.24, 2.45) is 0 Å². The van der Waals surface area contributed by atoms with E-state index in [4.69, 9.17) is 16.3 Å². The van der Waals surface area contributed by atoms with Crippen LogP contribution in [0, 0.1) is 6.92 Å². The van der Waals surface area contributed by atoms with Gasteiger partial charge in [0.25, 0.3) is 0 Å². The second-order valence-corrected chi connectivity index (χ2v) is 8.65. The molecule has 3 aromatic heterocycles. The third-order valence-electron chi connectivity index (χ3n) is 5.06. The van der Waals surface area contributed by atoms with Gasteiger partial charge in [-0.3, -0.25) is 4.98 Å². The molecule has 0 radical (unpaired) electrons. The summed E-state index contributed by atoms with van der Waals surface area (Å²) in [5.74, 6) is 2.04. The summed E-state index contributed by atoms with van der Waals surface area (Å²) in [6.45, 7) is 3.91. The SMILES string of the molecule is Cc1ccc(Oc2ccc(Nc3ncnc4sc5c(c34)CCNCC5)cc2Cl)cn1. The van der Waals surface area contributed by atoms with E-state index >= 15 is 0 Å². The van der Waals surface area contributed by atoms with Crippen molar-refractivity contribution in [1.82, 2.24) is 20.3 Å². The van der Waals surface area contributed by atoms with Crippen molar-refractivity contribution in [1.29, 1.82) is 0 Å². The van der Waals surface area contributed by atoms with E-state index in [1.54, 1.807) is 23.9 Å². The average molecular weight is 438 g/mol. The summed E-state index contributed by atoms with van der Waals surface area (Å²) in [7, 11) is 0. The Morgan fingerprint density at radius 3 is 2.83 bits per heavy atom. The number of nitrogens with one attached hydrogen (secondary N) is 2. The first-order valence-electron chi connectivity index (χ1n) is 9.80. The molecule has 8 heteroatoms. The molecule has 1 aliphatic heterocycles. The van der Waals surface area contributed by atoms with Crippen LogP contribution in [0.1, 0.15) is 16.1 Å². The summed E-state index contributed by atoms with van der Waals surface area (Å²) in [4.78, 5) is 15.7. The fraction of sp³-hybridized carbons (Fsp3) is 0.227. The van der Waals surface area contributed by atoms with Gasteiger partial charge < -0.3 is 15.4 Å². The highest BCUT2D eigenvalue weighted by Crippen LogP contribution is 2.37. The maximum Gasteiger partial charge on any atom is 0.146 e. The van der Waals surface area contributed by atoms with Gasteiger partial charge in [-0.1, -0.05) is 11.6 Å². The third kappa shape index (κ3) is 3.84. The van der Waals surface area contributed by atoms with Crippen LogP contribution in [0.3, 0.4) is 0 Å². The molecule has 2 N–H and O–H groups in total. The molecule has 152 valence electrons. The highest BCUT2D eigenvalue weighted by atomic mass is 35.5. The number of pyridine rings is 1. The van der Waals surface area contributed by atoms with Gasteiger partial charge in [0.15, 0.2) is 0 Å². The molecule has 0 aliphatic carbocycles. The Hall–Kier alpha value is -2.74. The molecule has 4 aromatic rings. The van der Waals surface area contributed by atoms with Gasteiger partial charge in [-0.25, -0.2) is 9.97 Å². The van der Waals surface area contributed by atoms with Crippen LogP contribution in [-0.2, 0) is 12.8 Å². The van der Waals surface area contributed by atoms with Crippen molar-refractivity contribution >= 4 is 44.7 Å². The Kier molecular flexibility index (Phi) is 5.25. The molecule has 0 amide bonds. The minimum absolute atomic E-state index is 0.513. The number of aromatic nitrogens is 3. The number of nitrogens with zero attached hydrogens (tertiary/aromatic N) is 3.